The number of furan rings is 1. The highest BCUT2D eigenvalue weighted by Crippen LogP contribution is 2.16. The molecule has 0 saturated carbocycles. The number of amides is 1. The van der Waals surface area contributed by atoms with Crippen molar-refractivity contribution in [2.24, 2.45) is 0 Å². The molecule has 0 spiro atoms. The SMILES string of the molecule is Cc1ccc(C(C)NC(=O)c2cn(C3CNC3)nn2)o1. The Morgan fingerprint density at radius 3 is 2.95 bits per heavy atom. The topological polar surface area (TPSA) is 85.0 Å². The van der Waals surface area contributed by atoms with Crippen molar-refractivity contribution >= 4 is 5.91 Å². The summed E-state index contributed by atoms with van der Waals surface area (Å²) in [4.78, 5) is 12.1. The van der Waals surface area contributed by atoms with Crippen LogP contribution in [-0.2, 0) is 0 Å². The zero-order valence-corrected chi connectivity index (χ0v) is 11.5. The van der Waals surface area contributed by atoms with Crippen molar-refractivity contribution in [3.63, 3.8) is 0 Å². The van der Waals surface area contributed by atoms with E-state index in [1.165, 1.54) is 0 Å². The molecule has 2 aromatic rings. The van der Waals surface area contributed by atoms with Gasteiger partial charge in [-0.2, -0.15) is 0 Å². The van der Waals surface area contributed by atoms with E-state index < -0.39 is 0 Å². The molecule has 0 aromatic carbocycles. The number of aryl methyl sites for hydroxylation is 1. The highest BCUT2D eigenvalue weighted by Gasteiger charge is 2.22. The van der Waals surface area contributed by atoms with Crippen molar-refractivity contribution in [3.8, 4) is 0 Å². The number of carbonyl (C=O) groups is 1. The first-order valence-electron chi connectivity index (χ1n) is 6.63. The molecule has 1 fully saturated rings. The highest BCUT2D eigenvalue weighted by molar-refractivity contribution is 5.92. The van der Waals surface area contributed by atoms with Gasteiger partial charge in [-0.15, -0.1) is 5.10 Å². The van der Waals surface area contributed by atoms with Crippen LogP contribution in [-0.4, -0.2) is 34.0 Å². The summed E-state index contributed by atoms with van der Waals surface area (Å²) in [6.45, 7) is 5.48. The van der Waals surface area contributed by atoms with Gasteiger partial charge in [0.05, 0.1) is 18.3 Å². The Kier molecular flexibility index (Phi) is 3.27. The lowest BCUT2D eigenvalue weighted by atomic mass is 10.2. The van der Waals surface area contributed by atoms with Crippen LogP contribution in [0.3, 0.4) is 0 Å². The summed E-state index contributed by atoms with van der Waals surface area (Å²) < 4.78 is 7.22. The number of carbonyl (C=O) groups excluding carboxylic acids is 1. The molecule has 1 saturated heterocycles. The summed E-state index contributed by atoms with van der Waals surface area (Å²) in [5.41, 5.74) is 0.326. The van der Waals surface area contributed by atoms with Crippen molar-refractivity contribution in [3.05, 3.63) is 35.5 Å². The van der Waals surface area contributed by atoms with Gasteiger partial charge in [0.2, 0.25) is 0 Å². The second kappa shape index (κ2) is 5.09. The molecule has 1 unspecified atom stereocenters. The predicted octanol–water partition coefficient (Wildman–Crippen LogP) is 0.815. The normalized spacial score (nSPS) is 16.7. The summed E-state index contributed by atoms with van der Waals surface area (Å²) in [6, 6.07) is 3.83. The van der Waals surface area contributed by atoms with E-state index in [1.807, 2.05) is 26.0 Å². The summed E-state index contributed by atoms with van der Waals surface area (Å²) in [6.07, 6.45) is 1.68. The predicted molar refractivity (Wildman–Crippen MR) is 71.3 cm³/mol. The standard InChI is InChI=1S/C13H17N5O2/c1-8-3-4-12(20-8)9(2)15-13(19)11-7-18(17-16-11)10-5-14-6-10/h3-4,7,9-10,14H,5-6H2,1-2H3,(H,15,19). The second-order valence-corrected chi connectivity index (χ2v) is 5.04. The van der Waals surface area contributed by atoms with Gasteiger partial charge in [0.1, 0.15) is 11.5 Å². The van der Waals surface area contributed by atoms with E-state index in [9.17, 15) is 4.79 Å². The van der Waals surface area contributed by atoms with Crippen molar-refractivity contribution in [1.29, 1.82) is 0 Å². The molecule has 1 aliphatic heterocycles. The first-order chi connectivity index (χ1) is 9.63. The van der Waals surface area contributed by atoms with Gasteiger partial charge in [0.15, 0.2) is 5.69 Å². The van der Waals surface area contributed by atoms with E-state index in [0.29, 0.717) is 11.7 Å². The fourth-order valence-electron chi connectivity index (χ4n) is 2.05. The lowest BCUT2D eigenvalue weighted by Crippen LogP contribution is -2.43. The Morgan fingerprint density at radius 1 is 1.55 bits per heavy atom. The van der Waals surface area contributed by atoms with E-state index in [1.54, 1.807) is 10.9 Å². The lowest BCUT2D eigenvalue weighted by molar-refractivity contribution is 0.0930. The first kappa shape index (κ1) is 12.9. The van der Waals surface area contributed by atoms with Gasteiger partial charge in [-0.05, 0) is 26.0 Å². The molecule has 106 valence electrons. The molecule has 7 nitrogen and oxygen atoms in total. The van der Waals surface area contributed by atoms with Gasteiger partial charge in [-0.25, -0.2) is 4.68 Å². The maximum atomic E-state index is 12.1. The molecular weight excluding hydrogens is 258 g/mol. The summed E-state index contributed by atoms with van der Waals surface area (Å²) in [5.74, 6) is 1.31. The van der Waals surface area contributed by atoms with Crippen LogP contribution in [0.5, 0.6) is 0 Å². The fraction of sp³-hybridized carbons (Fsp3) is 0.462. The van der Waals surface area contributed by atoms with Crippen LogP contribution in [0.15, 0.2) is 22.7 Å². The number of aromatic nitrogens is 3. The first-order valence-corrected chi connectivity index (χ1v) is 6.63. The minimum atomic E-state index is -0.245. The number of rotatable bonds is 4. The minimum Gasteiger partial charge on any atom is -0.464 e. The van der Waals surface area contributed by atoms with Crippen LogP contribution in [0.25, 0.3) is 0 Å². The molecule has 3 heterocycles. The van der Waals surface area contributed by atoms with E-state index in [0.717, 1.165) is 24.6 Å². The zero-order chi connectivity index (χ0) is 14.1. The van der Waals surface area contributed by atoms with Crippen molar-refractivity contribution in [1.82, 2.24) is 25.6 Å². The monoisotopic (exact) mass is 275 g/mol. The van der Waals surface area contributed by atoms with Gasteiger partial charge in [0.25, 0.3) is 5.91 Å². The maximum Gasteiger partial charge on any atom is 0.274 e. The van der Waals surface area contributed by atoms with Gasteiger partial charge >= 0.3 is 0 Å². The smallest absolute Gasteiger partial charge is 0.274 e. The molecule has 1 aliphatic rings. The molecule has 0 aliphatic carbocycles. The van der Waals surface area contributed by atoms with E-state index >= 15 is 0 Å². The van der Waals surface area contributed by atoms with Crippen molar-refractivity contribution in [2.45, 2.75) is 25.9 Å². The van der Waals surface area contributed by atoms with Crippen LogP contribution in [0.4, 0.5) is 0 Å². The number of hydrogen-bond donors (Lipinski definition) is 2. The van der Waals surface area contributed by atoms with Crippen LogP contribution in [0.2, 0.25) is 0 Å². The quantitative estimate of drug-likeness (QED) is 0.862. The molecule has 1 amide bonds. The molecule has 1 atom stereocenters. The molecule has 2 N–H and O–H groups in total. The Hall–Kier alpha value is -2.15. The number of nitrogens with zero attached hydrogens (tertiary/aromatic N) is 3. The molecule has 0 radical (unpaired) electrons. The lowest BCUT2D eigenvalue weighted by Gasteiger charge is -2.26. The number of nitrogens with one attached hydrogen (secondary N) is 2. The van der Waals surface area contributed by atoms with Crippen LogP contribution < -0.4 is 10.6 Å². The molecular formula is C13H17N5O2. The Balaban J connectivity index is 1.65. The van der Waals surface area contributed by atoms with Crippen LogP contribution >= 0.6 is 0 Å². The highest BCUT2D eigenvalue weighted by atomic mass is 16.3. The average molecular weight is 275 g/mol. The van der Waals surface area contributed by atoms with Crippen LogP contribution in [0, 0.1) is 6.92 Å². The molecule has 0 bridgehead atoms. The largest absolute Gasteiger partial charge is 0.464 e. The van der Waals surface area contributed by atoms with Gasteiger partial charge in [0, 0.05) is 13.1 Å². The third-order valence-electron chi connectivity index (χ3n) is 3.41. The maximum absolute atomic E-state index is 12.1. The van der Waals surface area contributed by atoms with Gasteiger partial charge in [-0.3, -0.25) is 4.79 Å². The zero-order valence-electron chi connectivity index (χ0n) is 11.5. The number of hydrogen-bond acceptors (Lipinski definition) is 5. The molecule has 2 aromatic heterocycles. The molecule has 3 rings (SSSR count). The fourth-order valence-corrected chi connectivity index (χ4v) is 2.05. The Labute approximate surface area is 116 Å². The molecule has 20 heavy (non-hydrogen) atoms. The molecule has 7 heteroatoms. The van der Waals surface area contributed by atoms with E-state index in [4.69, 9.17) is 4.42 Å². The minimum absolute atomic E-state index is 0.202. The summed E-state index contributed by atoms with van der Waals surface area (Å²) in [7, 11) is 0. The van der Waals surface area contributed by atoms with Gasteiger partial charge < -0.3 is 15.1 Å². The van der Waals surface area contributed by atoms with Gasteiger partial charge in [-0.1, -0.05) is 5.21 Å². The summed E-state index contributed by atoms with van der Waals surface area (Å²) >= 11 is 0. The van der Waals surface area contributed by atoms with Crippen molar-refractivity contribution in [2.75, 3.05) is 13.1 Å². The Bertz CT molecular complexity index is 614. The third kappa shape index (κ3) is 2.44. The van der Waals surface area contributed by atoms with Crippen molar-refractivity contribution < 1.29 is 9.21 Å². The second-order valence-electron chi connectivity index (χ2n) is 5.04. The average Bonchev–Trinajstić information content (AvgIpc) is 2.96. The van der Waals surface area contributed by atoms with E-state index in [2.05, 4.69) is 20.9 Å². The third-order valence-corrected chi connectivity index (χ3v) is 3.41. The van der Waals surface area contributed by atoms with Crippen LogP contribution in [0.1, 0.15) is 41.0 Å². The summed E-state index contributed by atoms with van der Waals surface area (Å²) in [5, 5.41) is 13.9. The Morgan fingerprint density at radius 2 is 2.35 bits per heavy atom. The van der Waals surface area contributed by atoms with E-state index in [-0.39, 0.29) is 11.9 Å².